The third-order valence-electron chi connectivity index (χ3n) is 1.17. The number of rotatable bonds is 0. The number of aryl methyl sites for hydroxylation is 1. The van der Waals surface area contributed by atoms with E-state index in [1.54, 1.807) is 12.1 Å². The highest BCUT2D eigenvalue weighted by Gasteiger charge is 1.94. The smallest absolute Gasteiger partial charge is 0.113 e. The largest absolute Gasteiger partial charge is 0.243 e. The van der Waals surface area contributed by atoms with Crippen molar-refractivity contribution in [1.29, 1.82) is 0 Å². The molecule has 2 heteroatoms. The van der Waals surface area contributed by atoms with Gasteiger partial charge in [0.1, 0.15) is 5.69 Å². The molecule has 0 unspecified atom stereocenters. The zero-order valence-corrected chi connectivity index (χ0v) is 6.31. The molecular formula is C8H6ClN. The zero-order valence-electron chi connectivity index (χ0n) is 5.56. The van der Waals surface area contributed by atoms with Crippen LogP contribution in [0, 0.1) is 19.3 Å². The van der Waals surface area contributed by atoms with E-state index in [0.29, 0.717) is 10.7 Å². The molecule has 0 spiro atoms. The second kappa shape index (κ2) is 2.72. The monoisotopic (exact) mass is 151 g/mol. The number of hydrogen-bond acceptors (Lipinski definition) is 1. The van der Waals surface area contributed by atoms with Gasteiger partial charge in [0.2, 0.25) is 0 Å². The molecule has 1 rings (SSSR count). The Morgan fingerprint density at radius 3 is 2.80 bits per heavy atom. The van der Waals surface area contributed by atoms with E-state index in [2.05, 4.69) is 10.9 Å². The van der Waals surface area contributed by atoms with Crippen molar-refractivity contribution in [2.45, 2.75) is 6.92 Å². The first kappa shape index (κ1) is 7.11. The molecule has 0 aliphatic rings. The van der Waals surface area contributed by atoms with Crippen molar-refractivity contribution in [3.63, 3.8) is 0 Å². The fourth-order valence-electron chi connectivity index (χ4n) is 0.624. The molecule has 0 radical (unpaired) electrons. The highest BCUT2D eigenvalue weighted by Crippen LogP contribution is 2.11. The molecule has 0 saturated carbocycles. The summed E-state index contributed by atoms with van der Waals surface area (Å²) in [5.41, 5.74) is 1.40. The van der Waals surface area contributed by atoms with Crippen LogP contribution >= 0.6 is 11.6 Å². The maximum atomic E-state index is 5.71. The van der Waals surface area contributed by atoms with Gasteiger partial charge >= 0.3 is 0 Å². The molecule has 10 heavy (non-hydrogen) atoms. The summed E-state index contributed by atoms with van der Waals surface area (Å²) in [5, 5.41) is 0.652. The third-order valence-corrected chi connectivity index (χ3v) is 1.57. The number of aromatic nitrogens is 1. The quantitative estimate of drug-likeness (QED) is 0.517. The number of pyridine rings is 1. The molecule has 0 saturated heterocycles. The van der Waals surface area contributed by atoms with Crippen LogP contribution in [0.2, 0.25) is 5.02 Å². The van der Waals surface area contributed by atoms with Gasteiger partial charge in [-0.1, -0.05) is 17.5 Å². The summed E-state index contributed by atoms with van der Waals surface area (Å²) in [6, 6.07) is 3.47. The predicted octanol–water partition coefficient (Wildman–Crippen LogP) is 2.02. The molecule has 1 aromatic heterocycles. The van der Waals surface area contributed by atoms with Gasteiger partial charge in [0.05, 0.1) is 10.7 Å². The van der Waals surface area contributed by atoms with E-state index in [1.165, 1.54) is 0 Å². The fourth-order valence-corrected chi connectivity index (χ4v) is 0.730. The van der Waals surface area contributed by atoms with Crippen molar-refractivity contribution >= 4 is 11.6 Å². The van der Waals surface area contributed by atoms with Gasteiger partial charge in [0.25, 0.3) is 0 Å². The molecule has 1 heterocycles. The molecular weight excluding hydrogens is 146 g/mol. The van der Waals surface area contributed by atoms with E-state index < -0.39 is 0 Å². The number of halogens is 1. The molecule has 0 atom stereocenters. The van der Waals surface area contributed by atoms with Crippen LogP contribution in [0.5, 0.6) is 0 Å². The average molecular weight is 152 g/mol. The number of hydrogen-bond donors (Lipinski definition) is 0. The molecule has 50 valence electrons. The maximum Gasteiger partial charge on any atom is 0.113 e. The standard InChI is InChI=1S/C8H6ClN/c1-3-7-4-5-8(9)6(2)10-7/h1,4-5H,2H3. The molecule has 0 aliphatic heterocycles. The Kier molecular flexibility index (Phi) is 1.94. The Balaban J connectivity index is 3.20. The first-order valence-electron chi connectivity index (χ1n) is 2.84. The van der Waals surface area contributed by atoms with E-state index in [1.807, 2.05) is 6.92 Å². The van der Waals surface area contributed by atoms with Crippen LogP contribution in [0.15, 0.2) is 12.1 Å². The topological polar surface area (TPSA) is 12.9 Å². The predicted molar refractivity (Wildman–Crippen MR) is 41.9 cm³/mol. The first-order valence-corrected chi connectivity index (χ1v) is 3.21. The van der Waals surface area contributed by atoms with Crippen molar-refractivity contribution in [3.8, 4) is 12.3 Å². The minimum absolute atomic E-state index is 0.627. The Labute approximate surface area is 65.0 Å². The van der Waals surface area contributed by atoms with Gasteiger partial charge in [-0.05, 0) is 19.1 Å². The van der Waals surface area contributed by atoms with Gasteiger partial charge < -0.3 is 0 Å². The summed E-state index contributed by atoms with van der Waals surface area (Å²) >= 11 is 5.71. The minimum Gasteiger partial charge on any atom is -0.243 e. The summed E-state index contributed by atoms with van der Waals surface area (Å²) in [7, 11) is 0. The minimum atomic E-state index is 0.627. The van der Waals surface area contributed by atoms with Crippen molar-refractivity contribution in [3.05, 3.63) is 28.5 Å². The van der Waals surface area contributed by atoms with Crippen LogP contribution in [0.1, 0.15) is 11.4 Å². The second-order valence-electron chi connectivity index (χ2n) is 1.91. The normalized spacial score (nSPS) is 8.90. The molecule has 0 fully saturated rings. The molecule has 0 aromatic carbocycles. The SMILES string of the molecule is C#Cc1ccc(Cl)c(C)n1. The van der Waals surface area contributed by atoms with E-state index in [4.69, 9.17) is 18.0 Å². The van der Waals surface area contributed by atoms with Gasteiger partial charge in [-0.3, -0.25) is 0 Å². The number of nitrogens with zero attached hydrogens (tertiary/aromatic N) is 1. The Morgan fingerprint density at radius 2 is 2.30 bits per heavy atom. The van der Waals surface area contributed by atoms with Crippen LogP contribution in [0.25, 0.3) is 0 Å². The van der Waals surface area contributed by atoms with Crippen molar-refractivity contribution in [2.24, 2.45) is 0 Å². The molecule has 1 nitrogen and oxygen atoms in total. The lowest BCUT2D eigenvalue weighted by Crippen LogP contribution is -1.85. The average Bonchev–Trinajstić information content (AvgIpc) is 1.95. The van der Waals surface area contributed by atoms with E-state index in [0.717, 1.165) is 5.69 Å². The van der Waals surface area contributed by atoms with Gasteiger partial charge in [-0.25, -0.2) is 4.98 Å². The lowest BCUT2D eigenvalue weighted by molar-refractivity contribution is 1.18. The summed E-state index contributed by atoms with van der Waals surface area (Å²) in [6.45, 7) is 1.82. The van der Waals surface area contributed by atoms with Crippen LogP contribution in [-0.4, -0.2) is 4.98 Å². The summed E-state index contributed by atoms with van der Waals surface area (Å²) < 4.78 is 0. The van der Waals surface area contributed by atoms with Crippen molar-refractivity contribution in [2.75, 3.05) is 0 Å². The van der Waals surface area contributed by atoms with Crippen LogP contribution in [0.3, 0.4) is 0 Å². The lowest BCUT2D eigenvalue weighted by atomic mass is 10.3. The summed E-state index contributed by atoms with van der Waals surface area (Å²) in [4.78, 5) is 4.02. The number of terminal acetylenes is 1. The van der Waals surface area contributed by atoms with Crippen molar-refractivity contribution in [1.82, 2.24) is 4.98 Å². The van der Waals surface area contributed by atoms with Gasteiger partial charge in [-0.2, -0.15) is 0 Å². The van der Waals surface area contributed by atoms with E-state index in [-0.39, 0.29) is 0 Å². The van der Waals surface area contributed by atoms with Crippen molar-refractivity contribution < 1.29 is 0 Å². The Hall–Kier alpha value is -1.00. The zero-order chi connectivity index (χ0) is 7.56. The van der Waals surface area contributed by atoms with Crippen LogP contribution in [-0.2, 0) is 0 Å². The molecule has 1 aromatic rings. The third kappa shape index (κ3) is 1.29. The Morgan fingerprint density at radius 1 is 1.60 bits per heavy atom. The maximum absolute atomic E-state index is 5.71. The second-order valence-corrected chi connectivity index (χ2v) is 2.32. The first-order chi connectivity index (χ1) is 4.74. The summed E-state index contributed by atoms with van der Waals surface area (Å²) in [5.74, 6) is 2.43. The molecule has 0 amide bonds. The highest BCUT2D eigenvalue weighted by atomic mass is 35.5. The van der Waals surface area contributed by atoms with E-state index >= 15 is 0 Å². The fraction of sp³-hybridized carbons (Fsp3) is 0.125. The van der Waals surface area contributed by atoms with Gasteiger partial charge in [0.15, 0.2) is 0 Å². The molecule has 0 N–H and O–H groups in total. The van der Waals surface area contributed by atoms with Gasteiger partial charge in [-0.15, -0.1) is 6.42 Å². The molecule has 0 bridgehead atoms. The lowest BCUT2D eigenvalue weighted by Gasteiger charge is -1.94. The molecule has 0 aliphatic carbocycles. The van der Waals surface area contributed by atoms with Crippen LogP contribution in [0.4, 0.5) is 0 Å². The van der Waals surface area contributed by atoms with Gasteiger partial charge in [0, 0.05) is 0 Å². The highest BCUT2D eigenvalue weighted by molar-refractivity contribution is 6.31. The Bertz CT molecular complexity index is 286. The summed E-state index contributed by atoms with van der Waals surface area (Å²) in [6.07, 6.45) is 5.11. The van der Waals surface area contributed by atoms with E-state index in [9.17, 15) is 0 Å². The van der Waals surface area contributed by atoms with Crippen LogP contribution < -0.4 is 0 Å².